The summed E-state index contributed by atoms with van der Waals surface area (Å²) in [7, 11) is 3.93. The van der Waals surface area contributed by atoms with Crippen LogP contribution in [0.5, 0.6) is 0 Å². The summed E-state index contributed by atoms with van der Waals surface area (Å²) >= 11 is 3.47. The molecule has 0 aliphatic heterocycles. The lowest BCUT2D eigenvalue weighted by molar-refractivity contribution is 0.457. The molecule has 3 rings (SSSR count). The van der Waals surface area contributed by atoms with E-state index in [1.54, 1.807) is 23.5 Å². The van der Waals surface area contributed by atoms with Crippen molar-refractivity contribution in [1.82, 2.24) is 25.0 Å². The molecule has 30 heavy (non-hydrogen) atoms. The number of aromatic nitrogens is 3. The molecule has 0 amide bonds. The number of nitrogens with one attached hydrogen (secondary N) is 1. The Balaban J connectivity index is 1.49. The number of rotatable bonds is 9. The van der Waals surface area contributed by atoms with E-state index in [0.29, 0.717) is 6.04 Å². The first-order valence-electron chi connectivity index (χ1n) is 10.7. The second kappa shape index (κ2) is 11.6. The lowest BCUT2D eigenvalue weighted by Gasteiger charge is -2.22. The predicted molar refractivity (Wildman–Crippen MR) is 129 cm³/mol. The van der Waals surface area contributed by atoms with Gasteiger partial charge in [-0.1, -0.05) is 36.7 Å². The van der Waals surface area contributed by atoms with Crippen molar-refractivity contribution in [1.29, 1.82) is 0 Å². The summed E-state index contributed by atoms with van der Waals surface area (Å²) in [6.07, 6.45) is 11.3. The highest BCUT2D eigenvalue weighted by Crippen LogP contribution is 2.33. The minimum Gasteiger partial charge on any atom is -0.356 e. The molecule has 0 bridgehead atoms. The third kappa shape index (κ3) is 5.94. The fraction of sp³-hybridized carbons (Fsp3) is 0.591. The number of hydrogen-bond acceptors (Lipinski definition) is 5. The summed E-state index contributed by atoms with van der Waals surface area (Å²) < 4.78 is 2.40. The lowest BCUT2D eigenvalue weighted by atomic mass is 10.2. The SMILES string of the molecule is CN=C(NCCCc1nnc(SC)n1C1CCCC1)N(C)Cc1ccc(SC)cc1. The first kappa shape index (κ1) is 23.0. The lowest BCUT2D eigenvalue weighted by Crippen LogP contribution is -2.39. The minimum absolute atomic E-state index is 0.585. The van der Waals surface area contributed by atoms with Crippen LogP contribution in [-0.2, 0) is 13.0 Å². The monoisotopic (exact) mass is 446 g/mol. The standard InChI is InChI=1S/C22H34N6S2/c1-23-21(27(2)16-17-11-13-19(29-3)14-12-17)24-15-7-10-20-25-26-22(30-4)28(20)18-8-5-6-9-18/h11-14,18H,5-10,15-16H2,1-4H3,(H,23,24). The Morgan fingerprint density at radius 3 is 2.53 bits per heavy atom. The van der Waals surface area contributed by atoms with Gasteiger partial charge in [0.25, 0.3) is 0 Å². The molecule has 1 saturated carbocycles. The first-order chi connectivity index (χ1) is 14.7. The van der Waals surface area contributed by atoms with Crippen molar-refractivity contribution in [2.45, 2.75) is 61.2 Å². The molecule has 1 aromatic carbocycles. The van der Waals surface area contributed by atoms with Crippen molar-refractivity contribution in [3.63, 3.8) is 0 Å². The quantitative estimate of drug-likeness (QED) is 0.265. The molecule has 0 saturated heterocycles. The highest BCUT2D eigenvalue weighted by molar-refractivity contribution is 7.98. The molecule has 1 aliphatic carbocycles. The highest BCUT2D eigenvalue weighted by atomic mass is 32.2. The van der Waals surface area contributed by atoms with E-state index in [1.807, 2.05) is 7.05 Å². The molecule has 2 aromatic rings. The average Bonchev–Trinajstić information content (AvgIpc) is 3.43. The number of aryl methyl sites for hydroxylation is 1. The molecule has 1 heterocycles. The second-order valence-electron chi connectivity index (χ2n) is 7.69. The third-order valence-corrected chi connectivity index (χ3v) is 7.01. The molecule has 1 aliphatic rings. The van der Waals surface area contributed by atoms with Crippen LogP contribution in [0.3, 0.4) is 0 Å². The topological polar surface area (TPSA) is 58.3 Å². The van der Waals surface area contributed by atoms with Gasteiger partial charge >= 0.3 is 0 Å². The first-order valence-corrected chi connectivity index (χ1v) is 13.1. The van der Waals surface area contributed by atoms with Crippen molar-refractivity contribution in [2.75, 3.05) is 33.2 Å². The Morgan fingerprint density at radius 2 is 1.90 bits per heavy atom. The van der Waals surface area contributed by atoms with E-state index in [0.717, 1.165) is 42.9 Å². The van der Waals surface area contributed by atoms with Gasteiger partial charge in [-0.25, -0.2) is 0 Å². The van der Waals surface area contributed by atoms with Crippen molar-refractivity contribution in [3.05, 3.63) is 35.7 Å². The van der Waals surface area contributed by atoms with Gasteiger partial charge in [0.15, 0.2) is 11.1 Å². The maximum absolute atomic E-state index is 4.50. The number of nitrogens with zero attached hydrogens (tertiary/aromatic N) is 5. The number of benzene rings is 1. The van der Waals surface area contributed by atoms with E-state index in [9.17, 15) is 0 Å². The Hall–Kier alpha value is -1.67. The summed E-state index contributed by atoms with van der Waals surface area (Å²) in [6, 6.07) is 9.31. The van der Waals surface area contributed by atoms with Crippen molar-refractivity contribution in [3.8, 4) is 0 Å². The fourth-order valence-electron chi connectivity index (χ4n) is 4.06. The van der Waals surface area contributed by atoms with Crippen LogP contribution in [0.4, 0.5) is 0 Å². The van der Waals surface area contributed by atoms with Gasteiger partial charge in [0.1, 0.15) is 5.82 Å². The highest BCUT2D eigenvalue weighted by Gasteiger charge is 2.23. The fourth-order valence-corrected chi connectivity index (χ4v) is 5.04. The maximum atomic E-state index is 4.50. The molecule has 0 atom stereocenters. The average molecular weight is 447 g/mol. The van der Waals surface area contributed by atoms with Gasteiger partial charge in [-0.15, -0.1) is 22.0 Å². The van der Waals surface area contributed by atoms with Crippen LogP contribution in [0.2, 0.25) is 0 Å². The summed E-state index contributed by atoms with van der Waals surface area (Å²) in [4.78, 5) is 7.91. The van der Waals surface area contributed by atoms with Crippen molar-refractivity contribution >= 4 is 29.5 Å². The number of thioether (sulfide) groups is 2. The van der Waals surface area contributed by atoms with Gasteiger partial charge in [-0.2, -0.15) is 0 Å². The molecule has 1 N–H and O–H groups in total. The molecule has 0 spiro atoms. The van der Waals surface area contributed by atoms with Crippen LogP contribution in [-0.4, -0.2) is 58.8 Å². The summed E-state index contributed by atoms with van der Waals surface area (Å²) in [5, 5.41) is 13.5. The molecule has 1 aromatic heterocycles. The van der Waals surface area contributed by atoms with Gasteiger partial charge in [-0.3, -0.25) is 4.99 Å². The largest absolute Gasteiger partial charge is 0.356 e. The van der Waals surface area contributed by atoms with E-state index in [4.69, 9.17) is 0 Å². The van der Waals surface area contributed by atoms with Crippen LogP contribution in [0.15, 0.2) is 39.3 Å². The van der Waals surface area contributed by atoms with Gasteiger partial charge < -0.3 is 14.8 Å². The molecule has 1 fully saturated rings. The Kier molecular flexibility index (Phi) is 8.93. The molecular formula is C22H34N6S2. The van der Waals surface area contributed by atoms with Crippen LogP contribution in [0.25, 0.3) is 0 Å². The van der Waals surface area contributed by atoms with E-state index in [-0.39, 0.29) is 0 Å². The van der Waals surface area contributed by atoms with Crippen molar-refractivity contribution in [2.24, 2.45) is 4.99 Å². The van der Waals surface area contributed by atoms with Gasteiger partial charge in [0.2, 0.25) is 0 Å². The normalized spacial score (nSPS) is 15.0. The van der Waals surface area contributed by atoms with Crippen LogP contribution >= 0.6 is 23.5 Å². The Morgan fingerprint density at radius 1 is 1.17 bits per heavy atom. The van der Waals surface area contributed by atoms with E-state index < -0.39 is 0 Å². The zero-order valence-electron chi connectivity index (χ0n) is 18.6. The maximum Gasteiger partial charge on any atom is 0.193 e. The number of hydrogen-bond donors (Lipinski definition) is 1. The number of aliphatic imine (C=N–C) groups is 1. The smallest absolute Gasteiger partial charge is 0.193 e. The molecule has 6 nitrogen and oxygen atoms in total. The van der Waals surface area contributed by atoms with Crippen LogP contribution in [0.1, 0.15) is 49.5 Å². The molecular weight excluding hydrogens is 412 g/mol. The summed E-state index contributed by atoms with van der Waals surface area (Å²) in [5.41, 5.74) is 1.28. The molecule has 0 radical (unpaired) electrons. The molecule has 0 unspecified atom stereocenters. The number of guanidine groups is 1. The summed E-state index contributed by atoms with van der Waals surface area (Å²) in [6.45, 7) is 1.70. The van der Waals surface area contributed by atoms with Gasteiger partial charge in [-0.05, 0) is 49.5 Å². The van der Waals surface area contributed by atoms with Gasteiger partial charge in [0.05, 0.1) is 0 Å². The predicted octanol–water partition coefficient (Wildman–Crippen LogP) is 4.48. The van der Waals surface area contributed by atoms with E-state index in [2.05, 4.69) is 73.8 Å². The minimum atomic E-state index is 0.585. The summed E-state index contributed by atoms with van der Waals surface area (Å²) in [5.74, 6) is 2.05. The van der Waals surface area contributed by atoms with E-state index >= 15 is 0 Å². The van der Waals surface area contributed by atoms with E-state index in [1.165, 1.54) is 36.1 Å². The zero-order chi connectivity index (χ0) is 21.3. The molecule has 8 heteroatoms. The third-order valence-electron chi connectivity index (χ3n) is 5.62. The zero-order valence-corrected chi connectivity index (χ0v) is 20.2. The van der Waals surface area contributed by atoms with Crippen LogP contribution < -0.4 is 5.32 Å². The van der Waals surface area contributed by atoms with Crippen LogP contribution in [0, 0.1) is 0 Å². The second-order valence-corrected chi connectivity index (χ2v) is 9.35. The Labute approximate surface area is 189 Å². The van der Waals surface area contributed by atoms with Gasteiger partial charge in [0, 0.05) is 44.5 Å². The Bertz CT molecular complexity index is 812. The molecule has 164 valence electrons. The van der Waals surface area contributed by atoms with Crippen molar-refractivity contribution < 1.29 is 0 Å².